The highest BCUT2D eigenvalue weighted by atomic mass is 79.9. The molecule has 2 unspecified atom stereocenters. The summed E-state index contributed by atoms with van der Waals surface area (Å²) in [7, 11) is 0. The molecule has 17 heavy (non-hydrogen) atoms. The Morgan fingerprint density at radius 1 is 1.41 bits per heavy atom. The van der Waals surface area contributed by atoms with Gasteiger partial charge in [-0.3, -0.25) is 0 Å². The first kappa shape index (κ1) is 11.0. The quantitative estimate of drug-likeness (QED) is 0.793. The summed E-state index contributed by atoms with van der Waals surface area (Å²) in [4.78, 5) is 2.16. The maximum Gasteiger partial charge on any atom is 0.161 e. The Bertz CT molecular complexity index is 509. The molecule has 0 amide bonds. The van der Waals surface area contributed by atoms with E-state index in [0.29, 0.717) is 21.8 Å². The molecule has 2 fully saturated rings. The average Bonchev–Trinajstić information content (AvgIpc) is 2.94. The number of halogens is 2. The Labute approximate surface area is 108 Å². The van der Waals surface area contributed by atoms with Gasteiger partial charge in [-0.15, -0.1) is 0 Å². The monoisotopic (exact) mass is 294 g/mol. The minimum Gasteiger partial charge on any atom is -0.366 e. The second kappa shape index (κ2) is 3.99. The third-order valence-electron chi connectivity index (χ3n) is 3.90. The van der Waals surface area contributed by atoms with Crippen molar-refractivity contribution in [3.05, 3.63) is 28.0 Å². The summed E-state index contributed by atoms with van der Waals surface area (Å²) in [5.41, 5.74) is 0.999. The van der Waals surface area contributed by atoms with Crippen LogP contribution in [0.15, 0.2) is 16.6 Å². The van der Waals surface area contributed by atoms with Gasteiger partial charge in [0.15, 0.2) is 5.82 Å². The number of benzene rings is 1. The lowest BCUT2D eigenvalue weighted by Gasteiger charge is -2.29. The molecule has 1 aliphatic carbocycles. The molecule has 3 rings (SSSR count). The molecule has 1 aliphatic heterocycles. The van der Waals surface area contributed by atoms with Crippen molar-refractivity contribution < 1.29 is 4.39 Å². The number of piperidine rings is 1. The van der Waals surface area contributed by atoms with Crippen LogP contribution in [0.3, 0.4) is 0 Å². The molecule has 1 aromatic carbocycles. The van der Waals surface area contributed by atoms with Gasteiger partial charge in [0.25, 0.3) is 0 Å². The van der Waals surface area contributed by atoms with Gasteiger partial charge in [-0.2, -0.15) is 5.26 Å². The molecule has 1 saturated carbocycles. The molecule has 0 aromatic heterocycles. The molecule has 2 nitrogen and oxygen atoms in total. The van der Waals surface area contributed by atoms with Crippen LogP contribution in [0.25, 0.3) is 0 Å². The van der Waals surface area contributed by atoms with Gasteiger partial charge in [0, 0.05) is 12.6 Å². The van der Waals surface area contributed by atoms with Crippen molar-refractivity contribution >= 4 is 21.6 Å². The molecular weight excluding hydrogens is 283 g/mol. The first-order valence-corrected chi connectivity index (χ1v) is 6.64. The van der Waals surface area contributed by atoms with Gasteiger partial charge >= 0.3 is 0 Å². The van der Waals surface area contributed by atoms with Crippen molar-refractivity contribution in [1.29, 1.82) is 5.26 Å². The van der Waals surface area contributed by atoms with Crippen LogP contribution in [-0.2, 0) is 0 Å². The maximum absolute atomic E-state index is 14.2. The summed E-state index contributed by atoms with van der Waals surface area (Å²) in [5.74, 6) is 0.436. The van der Waals surface area contributed by atoms with Crippen molar-refractivity contribution in [2.75, 3.05) is 11.4 Å². The van der Waals surface area contributed by atoms with E-state index in [-0.39, 0.29) is 5.82 Å². The third-order valence-corrected chi connectivity index (χ3v) is 4.68. The van der Waals surface area contributed by atoms with Crippen LogP contribution < -0.4 is 4.90 Å². The predicted octanol–water partition coefficient (Wildman–Crippen LogP) is 3.45. The maximum atomic E-state index is 14.2. The Morgan fingerprint density at radius 2 is 2.24 bits per heavy atom. The summed E-state index contributed by atoms with van der Waals surface area (Å²) in [6.45, 7) is 0.958. The van der Waals surface area contributed by atoms with E-state index in [1.807, 2.05) is 6.07 Å². The minimum absolute atomic E-state index is 0.292. The predicted molar refractivity (Wildman–Crippen MR) is 67.3 cm³/mol. The van der Waals surface area contributed by atoms with Gasteiger partial charge in [-0.05, 0) is 53.2 Å². The van der Waals surface area contributed by atoms with Crippen LogP contribution in [-0.4, -0.2) is 12.6 Å². The highest BCUT2D eigenvalue weighted by Gasteiger charge is 2.39. The standard InChI is InChI=1S/C13H12BrFN2/c14-12-9(6-16)2-4-11(13(12)15)17-7-8-1-3-10(17)5-8/h2,4,8,10H,1,3,5,7H2. The largest absolute Gasteiger partial charge is 0.366 e. The van der Waals surface area contributed by atoms with Gasteiger partial charge in [0.1, 0.15) is 6.07 Å². The van der Waals surface area contributed by atoms with E-state index in [2.05, 4.69) is 20.8 Å². The molecule has 1 saturated heterocycles. The van der Waals surface area contributed by atoms with Crippen LogP contribution in [0.2, 0.25) is 0 Å². The summed E-state index contributed by atoms with van der Waals surface area (Å²) in [6.07, 6.45) is 3.64. The summed E-state index contributed by atoms with van der Waals surface area (Å²) >= 11 is 3.17. The van der Waals surface area contributed by atoms with Gasteiger partial charge in [-0.1, -0.05) is 0 Å². The highest BCUT2D eigenvalue weighted by molar-refractivity contribution is 9.10. The molecule has 0 spiro atoms. The van der Waals surface area contributed by atoms with Gasteiger partial charge in [0.05, 0.1) is 15.7 Å². The molecule has 4 heteroatoms. The van der Waals surface area contributed by atoms with Crippen LogP contribution in [0.4, 0.5) is 10.1 Å². The van der Waals surface area contributed by atoms with Crippen molar-refractivity contribution in [2.45, 2.75) is 25.3 Å². The fourth-order valence-corrected chi connectivity index (χ4v) is 3.49. The van der Waals surface area contributed by atoms with Crippen LogP contribution in [0.5, 0.6) is 0 Å². The third kappa shape index (κ3) is 1.64. The molecule has 2 aliphatic rings. The molecule has 1 aromatic rings. The van der Waals surface area contributed by atoms with E-state index in [4.69, 9.17) is 5.26 Å². The highest BCUT2D eigenvalue weighted by Crippen LogP contribution is 2.42. The van der Waals surface area contributed by atoms with Crippen molar-refractivity contribution in [3.8, 4) is 6.07 Å². The fourth-order valence-electron chi connectivity index (χ4n) is 3.07. The summed E-state index contributed by atoms with van der Waals surface area (Å²) in [5, 5.41) is 8.84. The van der Waals surface area contributed by atoms with E-state index < -0.39 is 0 Å². The zero-order chi connectivity index (χ0) is 12.0. The van der Waals surface area contributed by atoms with Crippen LogP contribution in [0.1, 0.15) is 24.8 Å². The number of anilines is 1. The number of nitriles is 1. The van der Waals surface area contributed by atoms with Gasteiger partial charge in [0.2, 0.25) is 0 Å². The van der Waals surface area contributed by atoms with Crippen molar-refractivity contribution in [3.63, 3.8) is 0 Å². The lowest BCUT2D eigenvalue weighted by molar-refractivity contribution is 0.539. The average molecular weight is 295 g/mol. The second-order valence-corrected chi connectivity index (χ2v) is 5.65. The molecule has 0 N–H and O–H groups in total. The Kier molecular flexibility index (Phi) is 2.59. The SMILES string of the molecule is N#Cc1ccc(N2CC3CCC2C3)c(F)c1Br. The smallest absolute Gasteiger partial charge is 0.161 e. The lowest BCUT2D eigenvalue weighted by Crippen LogP contribution is -2.32. The van der Waals surface area contributed by atoms with Gasteiger partial charge < -0.3 is 4.90 Å². The lowest BCUT2D eigenvalue weighted by atomic mass is 10.1. The topological polar surface area (TPSA) is 27.0 Å². The molecule has 88 valence electrons. The zero-order valence-electron chi connectivity index (χ0n) is 9.29. The summed E-state index contributed by atoms with van der Waals surface area (Å²) < 4.78 is 14.5. The molecule has 0 radical (unpaired) electrons. The van der Waals surface area contributed by atoms with Crippen LogP contribution in [0, 0.1) is 23.1 Å². The summed E-state index contributed by atoms with van der Waals surface area (Å²) in [6, 6.07) is 5.90. The normalized spacial score (nSPS) is 26.3. The van der Waals surface area contributed by atoms with E-state index >= 15 is 0 Å². The van der Waals surface area contributed by atoms with Crippen molar-refractivity contribution in [1.82, 2.24) is 0 Å². The minimum atomic E-state index is -0.295. The van der Waals surface area contributed by atoms with Crippen LogP contribution >= 0.6 is 15.9 Å². The number of rotatable bonds is 1. The second-order valence-electron chi connectivity index (χ2n) is 4.86. The van der Waals surface area contributed by atoms with E-state index in [1.165, 1.54) is 19.3 Å². The fraction of sp³-hybridized carbons (Fsp3) is 0.462. The Balaban J connectivity index is 2.00. The van der Waals surface area contributed by atoms with E-state index in [9.17, 15) is 4.39 Å². The number of hydrogen-bond acceptors (Lipinski definition) is 2. The van der Waals surface area contributed by atoms with Gasteiger partial charge in [-0.25, -0.2) is 4.39 Å². The number of nitrogens with zero attached hydrogens (tertiary/aromatic N) is 2. The number of hydrogen-bond donors (Lipinski definition) is 0. The molecule has 2 atom stereocenters. The molecule has 2 bridgehead atoms. The Hall–Kier alpha value is -1.08. The first-order chi connectivity index (χ1) is 8.20. The molecule has 1 heterocycles. The Morgan fingerprint density at radius 3 is 2.82 bits per heavy atom. The zero-order valence-corrected chi connectivity index (χ0v) is 10.9. The molecular formula is C13H12BrFN2. The van der Waals surface area contributed by atoms with Crippen molar-refractivity contribution in [2.24, 2.45) is 5.92 Å². The first-order valence-electron chi connectivity index (χ1n) is 5.85. The number of fused-ring (bicyclic) bond motifs is 2. The van der Waals surface area contributed by atoms with E-state index in [1.54, 1.807) is 12.1 Å². The van der Waals surface area contributed by atoms with E-state index in [0.717, 1.165) is 12.5 Å².